The van der Waals surface area contributed by atoms with Gasteiger partial charge < -0.3 is 14.6 Å². The second-order valence-corrected chi connectivity index (χ2v) is 7.02. The number of benzene rings is 2. The van der Waals surface area contributed by atoms with Crippen LogP contribution in [0.2, 0.25) is 5.02 Å². The summed E-state index contributed by atoms with van der Waals surface area (Å²) < 4.78 is 5.12. The van der Waals surface area contributed by atoms with Crippen molar-refractivity contribution in [3.05, 3.63) is 63.5 Å². The van der Waals surface area contributed by atoms with Crippen LogP contribution in [-0.2, 0) is 4.79 Å². The van der Waals surface area contributed by atoms with E-state index in [-0.39, 0.29) is 11.5 Å². The molecule has 1 saturated heterocycles. The summed E-state index contributed by atoms with van der Waals surface area (Å²) in [6.45, 7) is 0. The number of likely N-dealkylation sites (N-methyl/N-ethyl adjacent to an activating group) is 1. The molecule has 1 amide bonds. The molecule has 0 spiro atoms. The number of carboxylic acids is 1. The average Bonchev–Trinajstić information content (AvgIpc) is 2.90. The van der Waals surface area contributed by atoms with E-state index in [0.29, 0.717) is 26.5 Å². The topological polar surface area (TPSA) is 82.0 Å². The van der Waals surface area contributed by atoms with Gasteiger partial charge in [-0.3, -0.25) is 9.69 Å². The fourth-order valence-electron chi connectivity index (χ4n) is 2.39. The number of carboxylic acid groups (broad SMARTS) is 1. The minimum Gasteiger partial charge on any atom is -0.545 e. The van der Waals surface area contributed by atoms with Crippen LogP contribution >= 0.6 is 23.4 Å². The Kier molecular flexibility index (Phi) is 5.53. The third kappa shape index (κ3) is 4.15. The van der Waals surface area contributed by atoms with Crippen LogP contribution in [0.4, 0.5) is 5.69 Å². The van der Waals surface area contributed by atoms with Crippen molar-refractivity contribution in [1.82, 2.24) is 4.90 Å². The van der Waals surface area contributed by atoms with Gasteiger partial charge in [-0.2, -0.15) is 0 Å². The first-order chi connectivity index (χ1) is 12.9. The van der Waals surface area contributed by atoms with Crippen LogP contribution in [0.3, 0.4) is 0 Å². The van der Waals surface area contributed by atoms with Gasteiger partial charge in [-0.05, 0) is 53.2 Å². The number of aliphatic imine (C=N–C) groups is 1. The second kappa shape index (κ2) is 7.85. The lowest BCUT2D eigenvalue weighted by Crippen LogP contribution is -2.23. The van der Waals surface area contributed by atoms with Gasteiger partial charge in [0, 0.05) is 7.05 Å². The van der Waals surface area contributed by atoms with Crippen molar-refractivity contribution in [3.63, 3.8) is 0 Å². The van der Waals surface area contributed by atoms with Crippen LogP contribution < -0.4 is 9.84 Å². The van der Waals surface area contributed by atoms with Crippen molar-refractivity contribution in [1.29, 1.82) is 0 Å². The van der Waals surface area contributed by atoms with Gasteiger partial charge >= 0.3 is 0 Å². The number of hydrogen-bond acceptors (Lipinski definition) is 6. The maximum absolute atomic E-state index is 12.5. The molecule has 0 atom stereocenters. The van der Waals surface area contributed by atoms with Crippen LogP contribution in [0, 0.1) is 0 Å². The molecule has 2 aromatic rings. The molecule has 0 unspecified atom stereocenters. The Hall–Kier alpha value is -2.77. The number of hydrogen-bond donors (Lipinski definition) is 0. The van der Waals surface area contributed by atoms with Gasteiger partial charge in [-0.15, -0.1) is 0 Å². The van der Waals surface area contributed by atoms with Crippen molar-refractivity contribution in [3.8, 4) is 5.75 Å². The third-order valence-corrected chi connectivity index (χ3v) is 5.14. The standard InChI is InChI=1S/C19H15ClN2O4S/c1-22-17(23)16(9-11-6-7-15(26-2)14(20)8-11)27-19(22)21-13-5-3-4-12(10-13)18(24)25/h3-10H,1-2H3,(H,24,25)/p-1/b16-9-,21-19?. The summed E-state index contributed by atoms with van der Waals surface area (Å²) in [5, 5.41) is 11.9. The van der Waals surface area contributed by atoms with Crippen molar-refractivity contribution >= 4 is 52.2 Å². The molecule has 0 saturated carbocycles. The predicted molar refractivity (Wildman–Crippen MR) is 104 cm³/mol. The molecule has 0 aromatic heterocycles. The molecule has 0 N–H and O–H groups in total. The lowest BCUT2D eigenvalue weighted by Gasteiger charge is -2.08. The van der Waals surface area contributed by atoms with Gasteiger partial charge in [0.1, 0.15) is 5.75 Å². The Morgan fingerprint density at radius 1 is 1.30 bits per heavy atom. The maximum atomic E-state index is 12.5. The molecule has 0 bridgehead atoms. The number of carbonyl (C=O) groups is 2. The Bertz CT molecular complexity index is 987. The van der Waals surface area contributed by atoms with Gasteiger partial charge in [0.05, 0.1) is 28.7 Å². The molecule has 1 aliphatic heterocycles. The minimum atomic E-state index is -1.28. The van der Waals surface area contributed by atoms with E-state index >= 15 is 0 Å². The highest BCUT2D eigenvalue weighted by molar-refractivity contribution is 8.18. The molecule has 1 aliphatic rings. The number of carbonyl (C=O) groups excluding carboxylic acids is 2. The lowest BCUT2D eigenvalue weighted by molar-refractivity contribution is -0.255. The molecule has 1 heterocycles. The van der Waals surface area contributed by atoms with Gasteiger partial charge in [0.15, 0.2) is 5.17 Å². The van der Waals surface area contributed by atoms with Gasteiger partial charge in [0.25, 0.3) is 5.91 Å². The second-order valence-electron chi connectivity index (χ2n) is 5.60. The van der Waals surface area contributed by atoms with Crippen molar-refractivity contribution < 1.29 is 19.4 Å². The highest BCUT2D eigenvalue weighted by Gasteiger charge is 2.30. The van der Waals surface area contributed by atoms with Gasteiger partial charge in [-0.1, -0.05) is 29.8 Å². The summed E-state index contributed by atoms with van der Waals surface area (Å²) in [5.41, 5.74) is 1.20. The van der Waals surface area contributed by atoms with E-state index < -0.39 is 5.97 Å². The maximum Gasteiger partial charge on any atom is 0.266 e. The first kappa shape index (κ1) is 19.0. The van der Waals surface area contributed by atoms with Crippen LogP contribution in [0.5, 0.6) is 5.75 Å². The minimum absolute atomic E-state index is 0.0254. The number of ether oxygens (including phenoxy) is 1. The summed E-state index contributed by atoms with van der Waals surface area (Å²) in [5.74, 6) is -0.935. The number of thioether (sulfide) groups is 1. The highest BCUT2D eigenvalue weighted by Crippen LogP contribution is 2.34. The molecule has 6 nitrogen and oxygen atoms in total. The SMILES string of the molecule is COc1ccc(/C=C2\SC(=Nc3cccc(C(=O)[O-])c3)N(C)C2=O)cc1Cl. The zero-order chi connectivity index (χ0) is 19.6. The van der Waals surface area contributed by atoms with E-state index in [4.69, 9.17) is 16.3 Å². The molecular weight excluding hydrogens is 388 g/mol. The summed E-state index contributed by atoms with van der Waals surface area (Å²) >= 11 is 7.32. The van der Waals surface area contributed by atoms with Crippen molar-refractivity contribution in [2.75, 3.05) is 14.2 Å². The number of methoxy groups -OCH3 is 1. The Labute approximate surface area is 165 Å². The van der Waals surface area contributed by atoms with Crippen molar-refractivity contribution in [2.45, 2.75) is 0 Å². The molecule has 2 aromatic carbocycles. The molecule has 3 rings (SSSR count). The average molecular weight is 402 g/mol. The first-order valence-corrected chi connectivity index (χ1v) is 8.99. The Balaban J connectivity index is 1.89. The van der Waals surface area contributed by atoms with Crippen LogP contribution in [0.25, 0.3) is 6.08 Å². The van der Waals surface area contributed by atoms with E-state index in [1.807, 2.05) is 0 Å². The molecular formula is C19H14ClN2O4S-. The Morgan fingerprint density at radius 2 is 2.07 bits per heavy atom. The fourth-order valence-corrected chi connectivity index (χ4v) is 3.64. The van der Waals surface area contributed by atoms with Crippen LogP contribution in [0.1, 0.15) is 15.9 Å². The molecule has 0 aliphatic carbocycles. The van der Waals surface area contributed by atoms with E-state index in [2.05, 4.69) is 4.99 Å². The predicted octanol–water partition coefficient (Wildman–Crippen LogP) is 2.95. The zero-order valence-corrected chi connectivity index (χ0v) is 16.0. The largest absolute Gasteiger partial charge is 0.545 e. The fraction of sp³-hybridized carbons (Fsp3) is 0.105. The lowest BCUT2D eigenvalue weighted by atomic mass is 10.2. The monoisotopic (exact) mass is 401 g/mol. The number of rotatable bonds is 4. The van der Waals surface area contributed by atoms with Gasteiger partial charge in [0.2, 0.25) is 0 Å². The molecule has 1 fully saturated rings. The summed E-state index contributed by atoms with van der Waals surface area (Å²) in [6, 6.07) is 11.3. The van der Waals surface area contributed by atoms with E-state index in [1.54, 1.807) is 43.5 Å². The summed E-state index contributed by atoms with van der Waals surface area (Å²) in [4.78, 5) is 29.7. The van der Waals surface area contributed by atoms with Crippen LogP contribution in [-0.4, -0.2) is 36.1 Å². The smallest absolute Gasteiger partial charge is 0.266 e. The quantitative estimate of drug-likeness (QED) is 0.735. The van der Waals surface area contributed by atoms with Crippen LogP contribution in [0.15, 0.2) is 52.4 Å². The normalized spacial score (nSPS) is 17.0. The first-order valence-electron chi connectivity index (χ1n) is 7.80. The number of amides is 1. The highest BCUT2D eigenvalue weighted by atomic mass is 35.5. The Morgan fingerprint density at radius 3 is 2.74 bits per heavy atom. The summed E-state index contributed by atoms with van der Waals surface area (Å²) in [6.07, 6.45) is 1.72. The van der Waals surface area contributed by atoms with E-state index in [1.165, 1.54) is 35.9 Å². The third-order valence-electron chi connectivity index (χ3n) is 3.78. The molecule has 8 heteroatoms. The molecule has 27 heavy (non-hydrogen) atoms. The summed E-state index contributed by atoms with van der Waals surface area (Å²) in [7, 11) is 3.14. The number of nitrogens with zero attached hydrogens (tertiary/aromatic N) is 2. The molecule has 138 valence electrons. The number of halogens is 1. The molecule has 0 radical (unpaired) electrons. The number of amidine groups is 1. The zero-order valence-electron chi connectivity index (χ0n) is 14.4. The van der Waals surface area contributed by atoms with E-state index in [9.17, 15) is 14.7 Å². The van der Waals surface area contributed by atoms with E-state index in [0.717, 1.165) is 5.56 Å². The number of aromatic carboxylic acids is 1. The van der Waals surface area contributed by atoms with Crippen molar-refractivity contribution in [2.24, 2.45) is 4.99 Å². The van der Waals surface area contributed by atoms with Gasteiger partial charge in [-0.25, -0.2) is 4.99 Å².